The van der Waals surface area contributed by atoms with Crippen LogP contribution in [0.1, 0.15) is 32.7 Å². The van der Waals surface area contributed by atoms with Crippen LogP contribution in [0.4, 0.5) is 28.9 Å². The fourth-order valence-electron chi connectivity index (χ4n) is 3.46. The van der Waals surface area contributed by atoms with Gasteiger partial charge in [0.2, 0.25) is 0 Å². The van der Waals surface area contributed by atoms with Gasteiger partial charge in [-0.1, -0.05) is 0 Å². The Kier molecular flexibility index (Phi) is 9.93. The molecule has 204 valence electrons. The minimum absolute atomic E-state index is 0.0735. The maximum Gasteiger partial charge on any atom is 0.490 e. The van der Waals surface area contributed by atoms with E-state index in [4.69, 9.17) is 15.0 Å². The van der Waals surface area contributed by atoms with Crippen LogP contribution in [0.25, 0.3) is 10.9 Å². The molecule has 0 aliphatic rings. The molecule has 0 unspecified atom stereocenters. The Balaban J connectivity index is 0.000000638. The lowest BCUT2D eigenvalue weighted by Gasteiger charge is -2.15. The number of fused-ring (bicyclic) bond motifs is 1. The van der Waals surface area contributed by atoms with Crippen molar-refractivity contribution in [1.29, 1.82) is 0 Å². The second kappa shape index (κ2) is 12.7. The van der Waals surface area contributed by atoms with Gasteiger partial charge in [-0.25, -0.2) is 14.0 Å². The largest absolute Gasteiger partial charge is 0.490 e. The molecule has 1 aromatic heterocycles. The number of anilines is 2. The molecule has 6 N–H and O–H groups in total. The number of nitrogens with one attached hydrogen (secondary N) is 4. The molecule has 0 radical (unpaired) electrons. The fourth-order valence-corrected chi connectivity index (χ4v) is 3.46. The molecule has 0 fully saturated rings. The van der Waals surface area contributed by atoms with Crippen molar-refractivity contribution in [2.45, 2.75) is 19.0 Å². The number of aromatic nitrogens is 1. The maximum absolute atomic E-state index is 14.2. The zero-order chi connectivity index (χ0) is 28.6. The number of aromatic carboxylic acids is 1. The first-order valence-electron chi connectivity index (χ1n) is 11.0. The highest BCUT2D eigenvalue weighted by atomic mass is 19.4. The summed E-state index contributed by atoms with van der Waals surface area (Å²) in [4.78, 5) is 48.5. The Labute approximate surface area is 212 Å². The van der Waals surface area contributed by atoms with Crippen molar-refractivity contribution in [1.82, 2.24) is 10.3 Å². The summed E-state index contributed by atoms with van der Waals surface area (Å²) in [6.07, 6.45) is -4.07. The smallest absolute Gasteiger partial charge is 0.478 e. The van der Waals surface area contributed by atoms with Gasteiger partial charge in [0.05, 0.1) is 16.8 Å². The first-order chi connectivity index (χ1) is 17.8. The summed E-state index contributed by atoms with van der Waals surface area (Å²) in [5.41, 5.74) is 1.02. The van der Waals surface area contributed by atoms with Gasteiger partial charge in [-0.2, -0.15) is 13.2 Å². The Hall–Kier alpha value is -4.46. The molecule has 38 heavy (non-hydrogen) atoms. The lowest BCUT2D eigenvalue weighted by molar-refractivity contribution is -0.192. The van der Waals surface area contributed by atoms with Crippen LogP contribution in [0.5, 0.6) is 0 Å². The highest BCUT2D eigenvalue weighted by Crippen LogP contribution is 2.28. The first-order valence-corrected chi connectivity index (χ1v) is 11.0. The highest BCUT2D eigenvalue weighted by Gasteiger charge is 2.38. The number of aliphatic carboxylic acids is 1. The number of carboxylic acid groups (broad SMARTS) is 2. The predicted octanol–water partition coefficient (Wildman–Crippen LogP) is 3.44. The average Bonchev–Trinajstić information content (AvgIpc) is 2.84. The minimum atomic E-state index is -5.08. The molecular weight excluding hydrogens is 516 g/mol. The van der Waals surface area contributed by atoms with E-state index in [1.165, 1.54) is 36.4 Å². The van der Waals surface area contributed by atoms with Gasteiger partial charge in [0.25, 0.3) is 11.5 Å². The molecule has 2 aromatic carbocycles. The number of aromatic amines is 1. The summed E-state index contributed by atoms with van der Waals surface area (Å²) in [7, 11) is 3.41. The second-order valence-electron chi connectivity index (χ2n) is 7.78. The maximum atomic E-state index is 14.2. The van der Waals surface area contributed by atoms with Crippen LogP contribution in [0.2, 0.25) is 0 Å². The number of amides is 1. The van der Waals surface area contributed by atoms with Crippen molar-refractivity contribution in [2.75, 3.05) is 31.3 Å². The van der Waals surface area contributed by atoms with Gasteiger partial charge in [-0.15, -0.1) is 0 Å². The Morgan fingerprint density at radius 2 is 1.63 bits per heavy atom. The fraction of sp³-hybridized carbons (Fsp3) is 0.250. The third-order valence-electron chi connectivity index (χ3n) is 5.18. The van der Waals surface area contributed by atoms with Gasteiger partial charge in [0.15, 0.2) is 0 Å². The van der Waals surface area contributed by atoms with E-state index < -0.39 is 35.4 Å². The number of pyridine rings is 1. The van der Waals surface area contributed by atoms with Crippen molar-refractivity contribution in [3.63, 3.8) is 0 Å². The molecule has 0 atom stereocenters. The van der Waals surface area contributed by atoms with Gasteiger partial charge in [0.1, 0.15) is 11.4 Å². The standard InChI is InChI=1S/C22H23FN4O4.C2HF3O2/c1-24-9-3-4-15-16-10-13(23)11-17(25-2)19(16)27-21(29)18(15)20(28)26-14-7-5-12(6-8-14)22(30)31;3-2(4,5)1(6)7/h5-8,10-11,24-25H,3-4,9H2,1-2H3,(H,26,28)(H,27,29)(H,30,31);(H,6,7). The number of hydrogen-bond donors (Lipinski definition) is 6. The monoisotopic (exact) mass is 540 g/mol. The summed E-state index contributed by atoms with van der Waals surface area (Å²) in [5.74, 6) is -4.99. The van der Waals surface area contributed by atoms with Crippen LogP contribution in [-0.2, 0) is 11.2 Å². The second-order valence-corrected chi connectivity index (χ2v) is 7.78. The average molecular weight is 540 g/mol. The molecule has 1 heterocycles. The van der Waals surface area contributed by atoms with E-state index >= 15 is 0 Å². The third kappa shape index (κ3) is 7.52. The number of alkyl halides is 3. The molecule has 3 aromatic rings. The molecule has 0 aliphatic carbocycles. The summed E-state index contributed by atoms with van der Waals surface area (Å²) in [6.45, 7) is 0.653. The van der Waals surface area contributed by atoms with Gasteiger partial charge in [-0.3, -0.25) is 9.59 Å². The summed E-state index contributed by atoms with van der Waals surface area (Å²) in [5, 5.41) is 25.1. The Bertz CT molecular complexity index is 1390. The van der Waals surface area contributed by atoms with Crippen molar-refractivity contribution in [3.05, 3.63) is 69.3 Å². The van der Waals surface area contributed by atoms with E-state index in [2.05, 4.69) is 20.9 Å². The summed E-state index contributed by atoms with van der Waals surface area (Å²) < 4.78 is 46.0. The number of H-pyrrole nitrogens is 1. The number of aryl methyl sites for hydroxylation is 1. The lowest BCUT2D eigenvalue weighted by Crippen LogP contribution is -2.26. The molecule has 0 bridgehead atoms. The van der Waals surface area contributed by atoms with E-state index in [1.54, 1.807) is 14.1 Å². The van der Waals surface area contributed by atoms with Crippen LogP contribution in [0, 0.1) is 5.82 Å². The van der Waals surface area contributed by atoms with Crippen LogP contribution in [0.3, 0.4) is 0 Å². The van der Waals surface area contributed by atoms with Gasteiger partial charge in [-0.05, 0) is 68.4 Å². The summed E-state index contributed by atoms with van der Waals surface area (Å²) >= 11 is 0. The van der Waals surface area contributed by atoms with E-state index in [-0.39, 0.29) is 11.1 Å². The number of halogens is 4. The molecular formula is C24H24F4N4O6. The van der Waals surface area contributed by atoms with Crippen molar-refractivity contribution >= 4 is 40.1 Å². The number of hydrogen-bond acceptors (Lipinski definition) is 6. The number of rotatable bonds is 8. The normalized spacial score (nSPS) is 10.9. The first kappa shape index (κ1) is 29.8. The van der Waals surface area contributed by atoms with Crippen LogP contribution in [0.15, 0.2) is 41.2 Å². The van der Waals surface area contributed by atoms with Crippen LogP contribution < -0.4 is 21.5 Å². The third-order valence-corrected chi connectivity index (χ3v) is 5.18. The molecule has 0 spiro atoms. The molecule has 1 amide bonds. The van der Waals surface area contributed by atoms with Crippen LogP contribution in [-0.4, -0.2) is 59.9 Å². The number of carboxylic acids is 2. The van der Waals surface area contributed by atoms with E-state index in [1.807, 2.05) is 0 Å². The quantitative estimate of drug-likeness (QED) is 0.187. The van der Waals surface area contributed by atoms with Crippen molar-refractivity contribution in [2.24, 2.45) is 0 Å². The van der Waals surface area contributed by atoms with E-state index in [0.29, 0.717) is 47.2 Å². The number of benzene rings is 2. The van der Waals surface area contributed by atoms with Crippen molar-refractivity contribution < 1.29 is 42.2 Å². The van der Waals surface area contributed by atoms with Crippen molar-refractivity contribution in [3.8, 4) is 0 Å². The van der Waals surface area contributed by atoms with Gasteiger partial charge in [0, 0.05) is 18.1 Å². The highest BCUT2D eigenvalue weighted by molar-refractivity contribution is 6.08. The molecule has 0 saturated carbocycles. The van der Waals surface area contributed by atoms with Gasteiger partial charge >= 0.3 is 18.1 Å². The topological polar surface area (TPSA) is 161 Å². The van der Waals surface area contributed by atoms with Gasteiger partial charge < -0.3 is 31.1 Å². The molecule has 14 heteroatoms. The number of carbonyl (C=O) groups excluding carboxylic acids is 1. The predicted molar refractivity (Wildman–Crippen MR) is 131 cm³/mol. The lowest BCUT2D eigenvalue weighted by atomic mass is 9.97. The number of carbonyl (C=O) groups is 3. The van der Waals surface area contributed by atoms with E-state index in [0.717, 1.165) is 0 Å². The zero-order valence-corrected chi connectivity index (χ0v) is 20.1. The molecule has 0 saturated heterocycles. The SMILES string of the molecule is CNCCCc1c(C(=O)Nc2ccc(C(=O)O)cc2)c(=O)[nH]c2c(NC)cc(F)cc12.O=C(O)C(F)(F)F. The van der Waals surface area contributed by atoms with Crippen LogP contribution >= 0.6 is 0 Å². The zero-order valence-electron chi connectivity index (χ0n) is 20.1. The molecule has 10 nitrogen and oxygen atoms in total. The Morgan fingerprint density at radius 1 is 1.03 bits per heavy atom. The molecule has 3 rings (SSSR count). The van der Waals surface area contributed by atoms with E-state index in [9.17, 15) is 31.9 Å². The Morgan fingerprint density at radius 3 is 2.13 bits per heavy atom. The summed E-state index contributed by atoms with van der Waals surface area (Å²) in [6, 6.07) is 8.17. The molecule has 0 aliphatic heterocycles. The minimum Gasteiger partial charge on any atom is -0.478 e.